The molecule has 5 nitrogen and oxygen atoms in total. The zero-order valence-corrected chi connectivity index (χ0v) is 15.0. The number of nitrogens with one attached hydrogen (secondary N) is 2. The van der Waals surface area contributed by atoms with Crippen molar-refractivity contribution in [1.29, 1.82) is 0 Å². The molecule has 0 radical (unpaired) electrons. The number of benzene rings is 1. The van der Waals surface area contributed by atoms with Crippen LogP contribution in [0.2, 0.25) is 0 Å². The van der Waals surface area contributed by atoms with Crippen molar-refractivity contribution in [1.82, 2.24) is 20.1 Å². The van der Waals surface area contributed by atoms with E-state index in [0.717, 1.165) is 28.0 Å². The van der Waals surface area contributed by atoms with Gasteiger partial charge in [-0.15, -0.1) is 0 Å². The number of aromatic amines is 1. The maximum Gasteiger partial charge on any atom is 0.224 e. The van der Waals surface area contributed by atoms with Gasteiger partial charge in [0.25, 0.3) is 0 Å². The second kappa shape index (κ2) is 6.70. The molecule has 0 aliphatic heterocycles. The van der Waals surface area contributed by atoms with Crippen molar-refractivity contribution < 1.29 is 9.18 Å². The number of aromatic nitrogens is 3. The number of aryl methyl sites for hydroxylation is 3. The Hall–Kier alpha value is -2.63. The van der Waals surface area contributed by atoms with Crippen molar-refractivity contribution in [3.05, 3.63) is 52.7 Å². The summed E-state index contributed by atoms with van der Waals surface area (Å²) in [6, 6.07) is 7.00. The third-order valence-corrected chi connectivity index (χ3v) is 4.50. The summed E-state index contributed by atoms with van der Waals surface area (Å²) in [6.45, 7) is 8.33. The first-order valence-corrected chi connectivity index (χ1v) is 8.42. The van der Waals surface area contributed by atoms with Crippen molar-refractivity contribution in [3.8, 4) is 0 Å². The summed E-state index contributed by atoms with van der Waals surface area (Å²) in [4.78, 5) is 15.4. The van der Waals surface area contributed by atoms with Gasteiger partial charge >= 0.3 is 0 Å². The maximum atomic E-state index is 13.9. The predicted octanol–water partition coefficient (Wildman–Crippen LogP) is 3.35. The van der Waals surface area contributed by atoms with Crippen LogP contribution in [-0.4, -0.2) is 27.2 Å². The summed E-state index contributed by atoms with van der Waals surface area (Å²) in [7, 11) is 0. The molecule has 0 aliphatic rings. The van der Waals surface area contributed by atoms with Gasteiger partial charge in [-0.1, -0.05) is 12.1 Å². The van der Waals surface area contributed by atoms with Crippen LogP contribution >= 0.6 is 0 Å². The molecule has 0 aliphatic carbocycles. The Bertz CT molecular complexity index is 925. The molecular weight excluding hydrogens is 319 g/mol. The average Bonchev–Trinajstić information content (AvgIpc) is 3.06. The average molecular weight is 342 g/mol. The lowest BCUT2D eigenvalue weighted by Gasteiger charge is -2.15. The van der Waals surface area contributed by atoms with E-state index in [2.05, 4.69) is 15.4 Å². The van der Waals surface area contributed by atoms with Gasteiger partial charge in [0.05, 0.1) is 23.7 Å². The standard InChI is InChI=1S/C19H23FN4O/c1-11-8-12(2)24(23-11)13(3)10-21-18(25)9-16-14(4)22-19-15(16)6-5-7-17(19)20/h5-8,13,22H,9-10H2,1-4H3,(H,21,25)/t13-/m1/s1. The third-order valence-electron chi connectivity index (χ3n) is 4.50. The van der Waals surface area contributed by atoms with Gasteiger partial charge in [-0.05, 0) is 45.4 Å². The fourth-order valence-corrected chi connectivity index (χ4v) is 3.26. The number of carbonyl (C=O) groups is 1. The predicted molar refractivity (Wildman–Crippen MR) is 96.1 cm³/mol. The molecule has 2 heterocycles. The van der Waals surface area contributed by atoms with Gasteiger partial charge < -0.3 is 10.3 Å². The number of H-pyrrole nitrogens is 1. The molecule has 25 heavy (non-hydrogen) atoms. The molecular formula is C19H23FN4O. The number of carbonyl (C=O) groups excluding carboxylic acids is 1. The minimum Gasteiger partial charge on any atom is -0.356 e. The lowest BCUT2D eigenvalue weighted by molar-refractivity contribution is -0.120. The van der Waals surface area contributed by atoms with Crippen LogP contribution in [0, 0.1) is 26.6 Å². The molecule has 3 rings (SSSR count). The van der Waals surface area contributed by atoms with Crippen LogP contribution in [0.25, 0.3) is 10.9 Å². The summed E-state index contributed by atoms with van der Waals surface area (Å²) < 4.78 is 15.8. The quantitative estimate of drug-likeness (QED) is 0.747. The van der Waals surface area contributed by atoms with Gasteiger partial charge in [-0.2, -0.15) is 5.10 Å². The Labute approximate surface area is 146 Å². The van der Waals surface area contributed by atoms with Gasteiger partial charge in [0.15, 0.2) is 0 Å². The lowest BCUT2D eigenvalue weighted by atomic mass is 10.1. The summed E-state index contributed by atoms with van der Waals surface area (Å²) in [5.41, 5.74) is 4.15. The van der Waals surface area contributed by atoms with Crippen LogP contribution in [0.15, 0.2) is 24.3 Å². The molecule has 0 saturated carbocycles. The normalized spacial score (nSPS) is 12.5. The third kappa shape index (κ3) is 3.43. The molecule has 0 bridgehead atoms. The van der Waals surface area contributed by atoms with Gasteiger partial charge in [-0.25, -0.2) is 4.39 Å². The number of para-hydroxylation sites is 1. The van der Waals surface area contributed by atoms with Gasteiger partial charge in [-0.3, -0.25) is 9.48 Å². The van der Waals surface area contributed by atoms with Crippen molar-refractivity contribution >= 4 is 16.8 Å². The number of amides is 1. The zero-order valence-electron chi connectivity index (χ0n) is 15.0. The van der Waals surface area contributed by atoms with Crippen molar-refractivity contribution in [2.45, 2.75) is 40.2 Å². The summed E-state index contributed by atoms with van der Waals surface area (Å²) in [5, 5.41) is 8.17. The molecule has 6 heteroatoms. The molecule has 0 saturated heterocycles. The van der Waals surface area contributed by atoms with Crippen LogP contribution in [0.3, 0.4) is 0 Å². The van der Waals surface area contributed by atoms with E-state index in [0.29, 0.717) is 12.1 Å². The highest BCUT2D eigenvalue weighted by Gasteiger charge is 2.16. The minimum atomic E-state index is -0.301. The number of hydrogen-bond acceptors (Lipinski definition) is 2. The molecule has 1 atom stereocenters. The van der Waals surface area contributed by atoms with E-state index in [1.54, 1.807) is 6.07 Å². The van der Waals surface area contributed by atoms with Crippen molar-refractivity contribution in [2.75, 3.05) is 6.54 Å². The number of hydrogen-bond donors (Lipinski definition) is 2. The Balaban J connectivity index is 1.68. The molecule has 1 aromatic carbocycles. The van der Waals surface area contributed by atoms with Crippen LogP contribution < -0.4 is 5.32 Å². The molecule has 2 N–H and O–H groups in total. The fraction of sp³-hybridized carbons (Fsp3) is 0.368. The summed E-state index contributed by atoms with van der Waals surface area (Å²) in [5.74, 6) is -0.382. The highest BCUT2D eigenvalue weighted by molar-refractivity contribution is 5.90. The van der Waals surface area contributed by atoms with Crippen LogP contribution in [-0.2, 0) is 11.2 Å². The molecule has 0 unspecified atom stereocenters. The van der Waals surface area contributed by atoms with E-state index < -0.39 is 0 Å². The maximum absolute atomic E-state index is 13.9. The number of fused-ring (bicyclic) bond motifs is 1. The molecule has 1 amide bonds. The minimum absolute atomic E-state index is 0.0687. The van der Waals surface area contributed by atoms with Gasteiger partial charge in [0.1, 0.15) is 5.82 Å². The summed E-state index contributed by atoms with van der Waals surface area (Å²) in [6.07, 6.45) is 0.221. The fourth-order valence-electron chi connectivity index (χ4n) is 3.26. The lowest BCUT2D eigenvalue weighted by Crippen LogP contribution is -2.31. The topological polar surface area (TPSA) is 62.7 Å². The number of nitrogens with zero attached hydrogens (tertiary/aromatic N) is 2. The Morgan fingerprint density at radius 3 is 2.80 bits per heavy atom. The van der Waals surface area contributed by atoms with Gasteiger partial charge in [0.2, 0.25) is 5.91 Å². The highest BCUT2D eigenvalue weighted by Crippen LogP contribution is 2.24. The van der Waals surface area contributed by atoms with Gasteiger partial charge in [0, 0.05) is 23.3 Å². The molecule has 0 fully saturated rings. The van der Waals surface area contributed by atoms with E-state index in [1.807, 2.05) is 44.5 Å². The smallest absolute Gasteiger partial charge is 0.224 e. The second-order valence-corrected chi connectivity index (χ2v) is 6.59. The summed E-state index contributed by atoms with van der Waals surface area (Å²) >= 11 is 0. The number of rotatable bonds is 5. The van der Waals surface area contributed by atoms with Crippen molar-refractivity contribution in [2.24, 2.45) is 0 Å². The first-order valence-electron chi connectivity index (χ1n) is 8.42. The number of halogens is 1. The van der Waals surface area contributed by atoms with E-state index in [1.165, 1.54) is 6.07 Å². The first kappa shape index (κ1) is 17.2. The van der Waals surface area contributed by atoms with Crippen LogP contribution in [0.1, 0.15) is 35.6 Å². The van der Waals surface area contributed by atoms with Crippen LogP contribution in [0.5, 0.6) is 0 Å². The first-order chi connectivity index (χ1) is 11.9. The van der Waals surface area contributed by atoms with E-state index in [-0.39, 0.29) is 24.2 Å². The van der Waals surface area contributed by atoms with Crippen molar-refractivity contribution in [3.63, 3.8) is 0 Å². The Kier molecular flexibility index (Phi) is 4.61. The second-order valence-electron chi connectivity index (χ2n) is 6.59. The Morgan fingerprint density at radius 1 is 1.36 bits per heavy atom. The Morgan fingerprint density at radius 2 is 2.12 bits per heavy atom. The van der Waals surface area contributed by atoms with Crippen LogP contribution in [0.4, 0.5) is 4.39 Å². The van der Waals surface area contributed by atoms with E-state index in [4.69, 9.17) is 0 Å². The molecule has 3 aromatic rings. The zero-order chi connectivity index (χ0) is 18.1. The SMILES string of the molecule is Cc1cc(C)n([C@H](C)CNC(=O)Cc2c(C)[nH]c3c(F)cccc23)n1. The molecule has 2 aromatic heterocycles. The largest absolute Gasteiger partial charge is 0.356 e. The van der Waals surface area contributed by atoms with E-state index in [9.17, 15) is 9.18 Å². The monoisotopic (exact) mass is 342 g/mol. The molecule has 0 spiro atoms. The highest BCUT2D eigenvalue weighted by atomic mass is 19.1. The van der Waals surface area contributed by atoms with E-state index >= 15 is 0 Å². The molecule has 132 valence electrons.